The Morgan fingerprint density at radius 3 is 2.35 bits per heavy atom. The number of hydrogen-bond acceptors (Lipinski definition) is 4. The van der Waals surface area contributed by atoms with Crippen LogP contribution in [0.25, 0.3) is 11.3 Å². The van der Waals surface area contributed by atoms with Crippen molar-refractivity contribution in [2.24, 2.45) is 5.73 Å². The van der Waals surface area contributed by atoms with Crippen molar-refractivity contribution >= 4 is 17.7 Å². The van der Waals surface area contributed by atoms with Crippen molar-refractivity contribution in [3.05, 3.63) is 54.2 Å². The Hall–Kier alpha value is -3.42. The zero-order valence-corrected chi connectivity index (χ0v) is 17.5. The fourth-order valence-electron chi connectivity index (χ4n) is 4.35. The quantitative estimate of drug-likeness (QED) is 0.748. The van der Waals surface area contributed by atoms with E-state index in [4.69, 9.17) is 5.73 Å². The zero-order chi connectivity index (χ0) is 22.0. The Balaban J connectivity index is 1.59. The van der Waals surface area contributed by atoms with E-state index in [-0.39, 0.29) is 17.9 Å². The van der Waals surface area contributed by atoms with Crippen LogP contribution >= 0.6 is 0 Å². The van der Waals surface area contributed by atoms with Crippen LogP contribution in [0.3, 0.4) is 0 Å². The second kappa shape index (κ2) is 8.75. The number of aromatic nitrogens is 2. The lowest BCUT2D eigenvalue weighted by molar-refractivity contribution is -0.127. The summed E-state index contributed by atoms with van der Waals surface area (Å²) in [6.07, 6.45) is 6.76. The minimum absolute atomic E-state index is 0.0267. The lowest BCUT2D eigenvalue weighted by Crippen LogP contribution is -2.40. The molecular formula is C23H27N5O3. The largest absolute Gasteiger partial charge is 0.365 e. The van der Waals surface area contributed by atoms with Crippen molar-refractivity contribution in [3.8, 4) is 11.3 Å². The number of carbonyl (C=O) groups is 3. The minimum atomic E-state index is -0.562. The molecule has 0 radical (unpaired) electrons. The van der Waals surface area contributed by atoms with Crippen molar-refractivity contribution in [1.82, 2.24) is 19.6 Å². The van der Waals surface area contributed by atoms with E-state index >= 15 is 0 Å². The molecule has 0 unspecified atom stereocenters. The molecule has 3 heterocycles. The number of nitrogens with two attached hydrogens (primary N) is 1. The first-order chi connectivity index (χ1) is 15.0. The topological polar surface area (TPSA) is 102 Å². The average molecular weight is 422 g/mol. The minimum Gasteiger partial charge on any atom is -0.365 e. The molecule has 4 rings (SSSR count). The number of hydrogen-bond donors (Lipinski definition) is 1. The molecule has 2 saturated heterocycles. The molecule has 3 amide bonds. The van der Waals surface area contributed by atoms with Gasteiger partial charge in [-0.3, -0.25) is 19.1 Å². The van der Waals surface area contributed by atoms with Gasteiger partial charge in [-0.25, -0.2) is 0 Å². The summed E-state index contributed by atoms with van der Waals surface area (Å²) in [6.45, 7) is 6.34. The first-order valence-corrected chi connectivity index (χ1v) is 10.7. The smallest absolute Gasteiger partial charge is 0.253 e. The number of amides is 3. The summed E-state index contributed by atoms with van der Waals surface area (Å²) in [4.78, 5) is 40.3. The molecule has 8 heteroatoms. The highest BCUT2D eigenvalue weighted by Gasteiger charge is 2.26. The molecule has 162 valence electrons. The van der Waals surface area contributed by atoms with Gasteiger partial charge in [-0.05, 0) is 43.9 Å². The summed E-state index contributed by atoms with van der Waals surface area (Å²) in [6, 6.07) is 7.10. The van der Waals surface area contributed by atoms with E-state index in [1.165, 1.54) is 6.08 Å². The lowest BCUT2D eigenvalue weighted by Gasteiger charge is -2.32. The van der Waals surface area contributed by atoms with Gasteiger partial charge in [0.05, 0.1) is 11.6 Å². The molecule has 8 nitrogen and oxygen atoms in total. The van der Waals surface area contributed by atoms with E-state index in [1.54, 1.807) is 40.0 Å². The number of benzene rings is 1. The lowest BCUT2D eigenvalue weighted by atomic mass is 10.0. The summed E-state index contributed by atoms with van der Waals surface area (Å²) < 4.78 is 1.74. The molecular weight excluding hydrogens is 394 g/mol. The molecule has 0 bridgehead atoms. The molecule has 0 aliphatic carbocycles. The van der Waals surface area contributed by atoms with Crippen LogP contribution in [0.15, 0.2) is 43.1 Å². The molecule has 31 heavy (non-hydrogen) atoms. The van der Waals surface area contributed by atoms with E-state index in [0.717, 1.165) is 44.3 Å². The molecule has 1 aromatic carbocycles. The molecule has 0 spiro atoms. The number of carbonyl (C=O) groups excluding carboxylic acids is 3. The van der Waals surface area contributed by atoms with Crippen molar-refractivity contribution < 1.29 is 14.4 Å². The van der Waals surface area contributed by atoms with Crippen LogP contribution in [0, 0.1) is 0 Å². The molecule has 2 aliphatic heterocycles. The van der Waals surface area contributed by atoms with E-state index < -0.39 is 5.91 Å². The van der Waals surface area contributed by atoms with Gasteiger partial charge in [0.25, 0.3) is 11.8 Å². The number of primary amides is 1. The third kappa shape index (κ3) is 4.23. The van der Waals surface area contributed by atoms with Crippen molar-refractivity contribution in [3.63, 3.8) is 0 Å². The third-order valence-corrected chi connectivity index (χ3v) is 6.05. The van der Waals surface area contributed by atoms with E-state index in [0.29, 0.717) is 29.9 Å². The average Bonchev–Trinajstić information content (AvgIpc) is 3.49. The van der Waals surface area contributed by atoms with E-state index in [1.807, 2.05) is 4.90 Å². The summed E-state index contributed by atoms with van der Waals surface area (Å²) in [5.41, 5.74) is 7.78. The third-order valence-electron chi connectivity index (χ3n) is 6.05. The summed E-state index contributed by atoms with van der Waals surface area (Å²) in [7, 11) is 0. The number of nitrogens with zero attached hydrogens (tertiary/aromatic N) is 4. The second-order valence-electron chi connectivity index (χ2n) is 8.10. The predicted octanol–water partition coefficient (Wildman–Crippen LogP) is 2.23. The maximum absolute atomic E-state index is 12.6. The van der Waals surface area contributed by atoms with Gasteiger partial charge in [-0.1, -0.05) is 18.7 Å². The maximum Gasteiger partial charge on any atom is 0.253 e. The second-order valence-corrected chi connectivity index (χ2v) is 8.10. The maximum atomic E-state index is 12.6. The predicted molar refractivity (Wildman–Crippen MR) is 116 cm³/mol. The van der Waals surface area contributed by atoms with Crippen molar-refractivity contribution in [2.45, 2.75) is 31.7 Å². The summed E-state index contributed by atoms with van der Waals surface area (Å²) in [5, 5.41) is 4.65. The highest BCUT2D eigenvalue weighted by atomic mass is 16.2. The monoisotopic (exact) mass is 421 g/mol. The Labute approximate surface area is 181 Å². The first kappa shape index (κ1) is 20.8. The van der Waals surface area contributed by atoms with E-state index in [2.05, 4.69) is 11.7 Å². The van der Waals surface area contributed by atoms with Gasteiger partial charge in [0.2, 0.25) is 5.91 Å². The van der Waals surface area contributed by atoms with Gasteiger partial charge in [0.15, 0.2) is 0 Å². The van der Waals surface area contributed by atoms with Gasteiger partial charge < -0.3 is 15.5 Å². The number of likely N-dealkylation sites (tertiary alicyclic amines) is 2. The van der Waals surface area contributed by atoms with Gasteiger partial charge >= 0.3 is 0 Å². The fourth-order valence-corrected chi connectivity index (χ4v) is 4.35. The number of rotatable bonds is 5. The summed E-state index contributed by atoms with van der Waals surface area (Å²) >= 11 is 0. The summed E-state index contributed by atoms with van der Waals surface area (Å²) in [5.74, 6) is -0.641. The molecule has 2 N–H and O–H groups in total. The molecule has 2 aliphatic rings. The highest BCUT2D eigenvalue weighted by molar-refractivity contribution is 5.99. The molecule has 1 atom stereocenters. The first-order valence-electron chi connectivity index (χ1n) is 10.7. The standard InChI is InChI=1S/C23H27N5O3/c1-2-20(29)27-13-5-6-18(14-27)28-15-19(22(24)30)21(25-28)16-7-9-17(10-8-16)23(31)26-11-3-4-12-26/h2,7-10,15,18H,1,3-6,11-14H2,(H2,24,30)/t18-/m1/s1. The Kier molecular flexibility index (Phi) is 5.88. The van der Waals surface area contributed by atoms with Gasteiger partial charge in [-0.15, -0.1) is 0 Å². The van der Waals surface area contributed by atoms with Crippen LogP contribution in [-0.4, -0.2) is 63.5 Å². The van der Waals surface area contributed by atoms with Crippen LogP contribution < -0.4 is 5.73 Å². The Bertz CT molecular complexity index is 1000. The van der Waals surface area contributed by atoms with Crippen molar-refractivity contribution in [2.75, 3.05) is 26.2 Å². The molecule has 2 aromatic rings. The van der Waals surface area contributed by atoms with Crippen LogP contribution in [0.1, 0.15) is 52.4 Å². The van der Waals surface area contributed by atoms with Crippen LogP contribution in [0.5, 0.6) is 0 Å². The van der Waals surface area contributed by atoms with Crippen LogP contribution in [-0.2, 0) is 4.79 Å². The SMILES string of the molecule is C=CC(=O)N1CCC[C@@H](n2cc(C(N)=O)c(-c3ccc(C(=O)N4CCCC4)cc3)n2)C1. The number of piperidine rings is 1. The fraction of sp³-hybridized carbons (Fsp3) is 0.391. The Morgan fingerprint density at radius 1 is 1.03 bits per heavy atom. The van der Waals surface area contributed by atoms with E-state index in [9.17, 15) is 14.4 Å². The van der Waals surface area contributed by atoms with Gasteiger partial charge in [0.1, 0.15) is 5.69 Å². The van der Waals surface area contributed by atoms with Gasteiger partial charge in [-0.2, -0.15) is 5.10 Å². The highest BCUT2D eigenvalue weighted by Crippen LogP contribution is 2.28. The van der Waals surface area contributed by atoms with Crippen LogP contribution in [0.4, 0.5) is 0 Å². The van der Waals surface area contributed by atoms with Crippen LogP contribution in [0.2, 0.25) is 0 Å². The van der Waals surface area contributed by atoms with Gasteiger partial charge in [0, 0.05) is 43.5 Å². The Morgan fingerprint density at radius 2 is 1.71 bits per heavy atom. The molecule has 0 saturated carbocycles. The van der Waals surface area contributed by atoms with Crippen molar-refractivity contribution in [1.29, 1.82) is 0 Å². The molecule has 2 fully saturated rings. The normalized spacial score (nSPS) is 18.8. The molecule has 1 aromatic heterocycles. The zero-order valence-electron chi connectivity index (χ0n) is 17.5.